The number of nitrogens with zero attached hydrogens (tertiary/aromatic N) is 7. The predicted octanol–water partition coefficient (Wildman–Crippen LogP) is 2.77. The topological polar surface area (TPSA) is 93.8 Å². The lowest BCUT2D eigenvalue weighted by Crippen LogP contribution is -2.41. The Kier molecular flexibility index (Phi) is 4.81. The first-order chi connectivity index (χ1) is 13.5. The molecule has 0 aliphatic carbocycles. The highest BCUT2D eigenvalue weighted by atomic mass is 16.2. The number of carbonyl (C=O) groups excluding carboxylic acids is 1. The second kappa shape index (κ2) is 7.41. The van der Waals surface area contributed by atoms with Crippen LogP contribution in [0.1, 0.15) is 42.3 Å². The molecule has 0 spiro atoms. The van der Waals surface area contributed by atoms with Crippen LogP contribution in [0, 0.1) is 13.8 Å². The SMILES string of the molecule is Cc1cc(C)nc(-n2nccc2NC(=O)N2CCCCC2c2cnn(C)c2)n1. The van der Waals surface area contributed by atoms with Gasteiger partial charge in [-0.3, -0.25) is 10.00 Å². The number of hydrogen-bond acceptors (Lipinski definition) is 5. The van der Waals surface area contributed by atoms with Crippen LogP contribution in [0.3, 0.4) is 0 Å². The first kappa shape index (κ1) is 18.1. The van der Waals surface area contributed by atoms with Crippen LogP contribution < -0.4 is 5.32 Å². The van der Waals surface area contributed by atoms with Crippen molar-refractivity contribution in [3.8, 4) is 5.95 Å². The van der Waals surface area contributed by atoms with Gasteiger partial charge < -0.3 is 4.90 Å². The van der Waals surface area contributed by atoms with Crippen molar-refractivity contribution < 1.29 is 4.79 Å². The Morgan fingerprint density at radius 3 is 2.68 bits per heavy atom. The van der Waals surface area contributed by atoms with Crippen molar-refractivity contribution in [1.29, 1.82) is 0 Å². The summed E-state index contributed by atoms with van der Waals surface area (Å²) in [6.07, 6.45) is 8.46. The van der Waals surface area contributed by atoms with Gasteiger partial charge in [0.05, 0.1) is 18.4 Å². The monoisotopic (exact) mass is 380 g/mol. The van der Waals surface area contributed by atoms with Crippen molar-refractivity contribution in [3.05, 3.63) is 47.7 Å². The molecule has 1 aliphatic rings. The van der Waals surface area contributed by atoms with E-state index in [9.17, 15) is 4.79 Å². The summed E-state index contributed by atoms with van der Waals surface area (Å²) in [6, 6.07) is 3.52. The fraction of sp³-hybridized carbons (Fsp3) is 0.421. The van der Waals surface area contributed by atoms with Crippen LogP contribution in [0.15, 0.2) is 30.7 Å². The maximum Gasteiger partial charge on any atom is 0.323 e. The van der Waals surface area contributed by atoms with Crippen LogP contribution in [0.5, 0.6) is 0 Å². The smallest absolute Gasteiger partial charge is 0.317 e. The maximum absolute atomic E-state index is 13.1. The normalized spacial score (nSPS) is 17.0. The van der Waals surface area contributed by atoms with E-state index in [4.69, 9.17) is 0 Å². The number of anilines is 1. The summed E-state index contributed by atoms with van der Waals surface area (Å²) < 4.78 is 3.33. The van der Waals surface area contributed by atoms with Crippen molar-refractivity contribution >= 4 is 11.8 Å². The molecule has 0 saturated carbocycles. The molecule has 3 aromatic rings. The van der Waals surface area contributed by atoms with Gasteiger partial charge in [-0.05, 0) is 39.2 Å². The van der Waals surface area contributed by atoms with Gasteiger partial charge in [-0.2, -0.15) is 14.9 Å². The molecule has 28 heavy (non-hydrogen) atoms. The molecule has 4 heterocycles. The maximum atomic E-state index is 13.1. The average Bonchev–Trinajstić information content (AvgIpc) is 3.30. The first-order valence-corrected chi connectivity index (χ1v) is 9.44. The standard InChI is InChI=1S/C19H24N8O/c1-13-10-14(2)23-18(22-13)27-17(7-8-20-27)24-19(28)26-9-5-4-6-16(26)15-11-21-25(3)12-15/h7-8,10-12,16H,4-6,9H2,1-3H3,(H,24,28). The number of rotatable bonds is 3. The molecule has 0 radical (unpaired) electrons. The number of carbonyl (C=O) groups is 1. The van der Waals surface area contributed by atoms with Crippen molar-refractivity contribution in [2.75, 3.05) is 11.9 Å². The van der Waals surface area contributed by atoms with Crippen LogP contribution >= 0.6 is 0 Å². The van der Waals surface area contributed by atoms with Crippen LogP contribution in [-0.4, -0.2) is 47.0 Å². The van der Waals surface area contributed by atoms with Gasteiger partial charge in [-0.25, -0.2) is 14.8 Å². The van der Waals surface area contributed by atoms with E-state index in [0.717, 1.165) is 36.2 Å². The van der Waals surface area contributed by atoms with Crippen molar-refractivity contribution in [2.24, 2.45) is 7.05 Å². The van der Waals surface area contributed by atoms with E-state index in [0.29, 0.717) is 18.3 Å². The Labute approximate surface area is 163 Å². The van der Waals surface area contributed by atoms with Crippen LogP contribution in [-0.2, 0) is 7.05 Å². The lowest BCUT2D eigenvalue weighted by atomic mass is 9.98. The third kappa shape index (κ3) is 3.60. The Morgan fingerprint density at radius 2 is 1.96 bits per heavy atom. The summed E-state index contributed by atoms with van der Waals surface area (Å²) >= 11 is 0. The molecule has 146 valence electrons. The molecule has 9 heteroatoms. The quantitative estimate of drug-likeness (QED) is 0.754. The van der Waals surface area contributed by atoms with Crippen molar-refractivity contribution in [2.45, 2.75) is 39.2 Å². The van der Waals surface area contributed by atoms with Crippen LogP contribution in [0.4, 0.5) is 10.6 Å². The predicted molar refractivity (Wildman–Crippen MR) is 104 cm³/mol. The molecule has 0 bridgehead atoms. The van der Waals surface area contributed by atoms with E-state index in [1.54, 1.807) is 21.6 Å². The minimum absolute atomic E-state index is 0.0243. The largest absolute Gasteiger partial charge is 0.323 e. The fourth-order valence-corrected chi connectivity index (χ4v) is 3.67. The van der Waals surface area contributed by atoms with E-state index < -0.39 is 0 Å². The zero-order valence-corrected chi connectivity index (χ0v) is 16.3. The summed E-state index contributed by atoms with van der Waals surface area (Å²) in [5.74, 6) is 0.991. The summed E-state index contributed by atoms with van der Waals surface area (Å²) in [5, 5.41) is 11.5. The highest BCUT2D eigenvalue weighted by Crippen LogP contribution is 2.31. The summed E-state index contributed by atoms with van der Waals surface area (Å²) in [5.41, 5.74) is 2.76. The number of nitrogens with one attached hydrogen (secondary N) is 1. The number of aryl methyl sites for hydroxylation is 3. The fourth-order valence-electron chi connectivity index (χ4n) is 3.67. The van der Waals surface area contributed by atoms with E-state index in [-0.39, 0.29) is 12.1 Å². The van der Waals surface area contributed by atoms with Crippen LogP contribution in [0.2, 0.25) is 0 Å². The number of hydrogen-bond donors (Lipinski definition) is 1. The van der Waals surface area contributed by atoms with Gasteiger partial charge >= 0.3 is 6.03 Å². The molecular formula is C19H24N8O. The third-order valence-electron chi connectivity index (χ3n) is 4.91. The number of piperidine rings is 1. The minimum atomic E-state index is -0.153. The van der Waals surface area contributed by atoms with Crippen molar-refractivity contribution in [3.63, 3.8) is 0 Å². The minimum Gasteiger partial charge on any atom is -0.317 e. The lowest BCUT2D eigenvalue weighted by Gasteiger charge is -2.35. The molecule has 2 amide bonds. The molecule has 4 rings (SSSR count). The molecule has 1 fully saturated rings. The highest BCUT2D eigenvalue weighted by Gasteiger charge is 2.29. The molecule has 0 aromatic carbocycles. The molecule has 3 aromatic heterocycles. The molecule has 1 N–H and O–H groups in total. The molecule has 9 nitrogen and oxygen atoms in total. The average molecular weight is 380 g/mol. The van der Waals surface area contributed by atoms with E-state index >= 15 is 0 Å². The van der Waals surface area contributed by atoms with Gasteiger partial charge in [0.25, 0.3) is 5.95 Å². The third-order valence-corrected chi connectivity index (χ3v) is 4.91. The molecular weight excluding hydrogens is 356 g/mol. The van der Waals surface area contributed by atoms with Gasteiger partial charge in [-0.15, -0.1) is 0 Å². The number of aromatic nitrogens is 6. The Balaban J connectivity index is 1.57. The molecule has 1 unspecified atom stereocenters. The zero-order chi connectivity index (χ0) is 19.7. The zero-order valence-electron chi connectivity index (χ0n) is 16.3. The van der Waals surface area contributed by atoms with Crippen LogP contribution in [0.25, 0.3) is 5.95 Å². The van der Waals surface area contributed by atoms with E-state index in [1.807, 2.05) is 44.3 Å². The second-order valence-corrected chi connectivity index (χ2v) is 7.16. The highest BCUT2D eigenvalue weighted by molar-refractivity contribution is 5.89. The van der Waals surface area contributed by atoms with Gasteiger partial charge in [0.15, 0.2) is 0 Å². The van der Waals surface area contributed by atoms with Gasteiger partial charge in [-0.1, -0.05) is 0 Å². The number of amides is 2. The molecule has 1 atom stereocenters. The second-order valence-electron chi connectivity index (χ2n) is 7.16. The Morgan fingerprint density at radius 1 is 1.18 bits per heavy atom. The Hall–Kier alpha value is -3.23. The van der Waals surface area contributed by atoms with Crippen molar-refractivity contribution in [1.82, 2.24) is 34.4 Å². The lowest BCUT2D eigenvalue weighted by molar-refractivity contribution is 0.163. The Bertz CT molecular complexity index is 971. The summed E-state index contributed by atoms with van der Waals surface area (Å²) in [4.78, 5) is 23.8. The number of urea groups is 1. The van der Waals surface area contributed by atoms with Gasteiger partial charge in [0.1, 0.15) is 5.82 Å². The molecule has 1 aliphatic heterocycles. The summed E-state index contributed by atoms with van der Waals surface area (Å²) in [6.45, 7) is 4.53. The van der Waals surface area contributed by atoms with Gasteiger partial charge in [0.2, 0.25) is 0 Å². The van der Waals surface area contributed by atoms with E-state index in [2.05, 4.69) is 25.5 Å². The molecule has 1 saturated heterocycles. The van der Waals surface area contributed by atoms with Gasteiger partial charge in [0, 0.05) is 42.8 Å². The number of likely N-dealkylation sites (tertiary alicyclic amines) is 1. The van der Waals surface area contributed by atoms with E-state index in [1.165, 1.54) is 0 Å². The summed E-state index contributed by atoms with van der Waals surface area (Å²) in [7, 11) is 1.89. The first-order valence-electron chi connectivity index (χ1n) is 9.44.